The summed E-state index contributed by atoms with van der Waals surface area (Å²) in [6.45, 7) is 3.66. The van der Waals surface area contributed by atoms with Crippen LogP contribution >= 0.6 is 0 Å². The second-order valence-corrected chi connectivity index (χ2v) is 6.35. The summed E-state index contributed by atoms with van der Waals surface area (Å²) >= 11 is 0. The molecule has 0 aromatic carbocycles. The first-order chi connectivity index (χ1) is 9.99. The lowest BCUT2D eigenvalue weighted by atomic mass is 10.0. The van der Waals surface area contributed by atoms with Gasteiger partial charge in [0, 0.05) is 33.1 Å². The molecule has 2 rings (SSSR count). The van der Waals surface area contributed by atoms with Crippen molar-refractivity contribution in [3.63, 3.8) is 0 Å². The van der Waals surface area contributed by atoms with Crippen LogP contribution < -0.4 is 0 Å². The molecule has 0 aromatic rings. The topological polar surface area (TPSA) is 64.1 Å². The van der Waals surface area contributed by atoms with E-state index in [0.29, 0.717) is 12.5 Å². The summed E-state index contributed by atoms with van der Waals surface area (Å²) in [4.78, 5) is 29.0. The van der Waals surface area contributed by atoms with Gasteiger partial charge in [-0.25, -0.2) is 0 Å². The summed E-state index contributed by atoms with van der Waals surface area (Å²) in [6, 6.07) is 0.117. The number of hydrogen-bond acceptors (Lipinski definition) is 4. The Bertz CT molecular complexity index is 378. The van der Waals surface area contributed by atoms with E-state index >= 15 is 0 Å². The Morgan fingerprint density at radius 2 is 1.81 bits per heavy atom. The van der Waals surface area contributed by atoms with E-state index in [4.69, 9.17) is 0 Å². The molecule has 0 bridgehead atoms. The Morgan fingerprint density at radius 1 is 1.14 bits per heavy atom. The van der Waals surface area contributed by atoms with E-state index in [0.717, 1.165) is 51.9 Å². The zero-order valence-electron chi connectivity index (χ0n) is 13.1. The van der Waals surface area contributed by atoms with Gasteiger partial charge in [0.25, 0.3) is 0 Å². The Labute approximate surface area is 126 Å². The third-order valence-electron chi connectivity index (χ3n) is 4.75. The summed E-state index contributed by atoms with van der Waals surface area (Å²) in [5.74, 6) is -0.505. The molecule has 2 heterocycles. The van der Waals surface area contributed by atoms with Crippen molar-refractivity contribution in [2.24, 2.45) is 0 Å². The molecule has 1 N–H and O–H groups in total. The normalized spacial score (nSPS) is 25.1. The van der Waals surface area contributed by atoms with Crippen LogP contribution in [0.2, 0.25) is 0 Å². The molecule has 2 aliphatic heterocycles. The average molecular weight is 297 g/mol. The van der Waals surface area contributed by atoms with Crippen molar-refractivity contribution in [3.05, 3.63) is 0 Å². The first-order valence-electron chi connectivity index (χ1n) is 7.90. The molecule has 0 aromatic heterocycles. The van der Waals surface area contributed by atoms with E-state index in [1.54, 1.807) is 19.0 Å². The van der Waals surface area contributed by atoms with Crippen LogP contribution in [0.25, 0.3) is 0 Å². The number of piperidine rings is 1. The number of carbonyl (C=O) groups is 2. The van der Waals surface area contributed by atoms with Crippen molar-refractivity contribution < 1.29 is 14.7 Å². The molecule has 6 heteroatoms. The fraction of sp³-hybridized carbons (Fsp3) is 0.867. The molecule has 1 unspecified atom stereocenters. The van der Waals surface area contributed by atoms with Crippen molar-refractivity contribution in [3.8, 4) is 0 Å². The minimum Gasteiger partial charge on any atom is -0.480 e. The van der Waals surface area contributed by atoms with Crippen molar-refractivity contribution in [1.82, 2.24) is 14.7 Å². The largest absolute Gasteiger partial charge is 0.480 e. The molecule has 1 atom stereocenters. The van der Waals surface area contributed by atoms with E-state index < -0.39 is 5.97 Å². The van der Waals surface area contributed by atoms with E-state index in [1.165, 1.54) is 0 Å². The smallest absolute Gasteiger partial charge is 0.320 e. The van der Waals surface area contributed by atoms with Crippen LogP contribution in [0.3, 0.4) is 0 Å². The second-order valence-electron chi connectivity index (χ2n) is 6.35. The lowest BCUT2D eigenvalue weighted by Gasteiger charge is -2.38. The predicted molar refractivity (Wildman–Crippen MR) is 80.1 cm³/mol. The molecule has 0 spiro atoms. The number of amides is 1. The number of carbonyl (C=O) groups excluding carboxylic acids is 1. The molecule has 0 saturated carbocycles. The molecule has 0 aliphatic carbocycles. The number of carboxylic acid groups (broad SMARTS) is 1. The predicted octanol–water partition coefficient (Wildman–Crippen LogP) is 0.478. The van der Waals surface area contributed by atoms with Crippen molar-refractivity contribution >= 4 is 11.9 Å². The van der Waals surface area contributed by atoms with Crippen LogP contribution in [0.1, 0.15) is 32.1 Å². The third kappa shape index (κ3) is 4.17. The van der Waals surface area contributed by atoms with Gasteiger partial charge in [0.1, 0.15) is 6.04 Å². The molecule has 21 heavy (non-hydrogen) atoms. The zero-order chi connectivity index (χ0) is 15.4. The number of likely N-dealkylation sites (tertiary alicyclic amines) is 2. The fourth-order valence-electron chi connectivity index (χ4n) is 3.44. The number of rotatable bonds is 5. The van der Waals surface area contributed by atoms with Gasteiger partial charge >= 0.3 is 5.97 Å². The number of hydrogen-bond donors (Lipinski definition) is 1. The molecular weight excluding hydrogens is 270 g/mol. The maximum absolute atomic E-state index is 11.6. The Hall–Kier alpha value is -1.14. The van der Waals surface area contributed by atoms with Gasteiger partial charge in [-0.2, -0.15) is 0 Å². The van der Waals surface area contributed by atoms with Crippen molar-refractivity contribution in [2.75, 3.05) is 40.3 Å². The highest BCUT2D eigenvalue weighted by Gasteiger charge is 2.36. The highest BCUT2D eigenvalue weighted by molar-refractivity contribution is 5.75. The third-order valence-corrected chi connectivity index (χ3v) is 4.75. The Kier molecular flexibility index (Phi) is 5.58. The van der Waals surface area contributed by atoms with Gasteiger partial charge in [-0.05, 0) is 45.3 Å². The van der Waals surface area contributed by atoms with E-state index in [1.807, 2.05) is 0 Å². The minimum atomic E-state index is -0.675. The summed E-state index contributed by atoms with van der Waals surface area (Å²) in [6.07, 6.45) is 4.38. The van der Waals surface area contributed by atoms with E-state index in [-0.39, 0.29) is 11.9 Å². The Balaban J connectivity index is 1.75. The first-order valence-corrected chi connectivity index (χ1v) is 7.90. The van der Waals surface area contributed by atoms with Crippen LogP contribution in [0.15, 0.2) is 0 Å². The lowest BCUT2D eigenvalue weighted by Crippen LogP contribution is -2.49. The molecule has 2 saturated heterocycles. The fourth-order valence-corrected chi connectivity index (χ4v) is 3.44. The average Bonchev–Trinajstić information content (AvgIpc) is 2.94. The second kappa shape index (κ2) is 7.22. The van der Waals surface area contributed by atoms with Crippen LogP contribution in [-0.4, -0.2) is 84.0 Å². The summed E-state index contributed by atoms with van der Waals surface area (Å²) in [7, 11) is 3.57. The number of nitrogens with zero attached hydrogens (tertiary/aromatic N) is 3. The molecular formula is C15H27N3O3. The maximum atomic E-state index is 11.6. The highest BCUT2D eigenvalue weighted by atomic mass is 16.4. The molecule has 6 nitrogen and oxygen atoms in total. The van der Waals surface area contributed by atoms with Gasteiger partial charge < -0.3 is 14.9 Å². The van der Waals surface area contributed by atoms with Gasteiger partial charge in [-0.15, -0.1) is 0 Å². The maximum Gasteiger partial charge on any atom is 0.320 e. The zero-order valence-corrected chi connectivity index (χ0v) is 13.1. The summed E-state index contributed by atoms with van der Waals surface area (Å²) in [5, 5.41) is 9.27. The van der Waals surface area contributed by atoms with Gasteiger partial charge in [-0.3, -0.25) is 14.5 Å². The van der Waals surface area contributed by atoms with Crippen LogP contribution in [0, 0.1) is 0 Å². The molecule has 1 amide bonds. The Morgan fingerprint density at radius 3 is 2.38 bits per heavy atom. The van der Waals surface area contributed by atoms with E-state index in [2.05, 4.69) is 9.80 Å². The van der Waals surface area contributed by atoms with Crippen LogP contribution in [0.5, 0.6) is 0 Å². The van der Waals surface area contributed by atoms with Gasteiger partial charge in [-0.1, -0.05) is 0 Å². The number of carboxylic acids is 1. The molecule has 2 aliphatic rings. The quantitative estimate of drug-likeness (QED) is 0.799. The number of aliphatic carboxylic acids is 1. The first kappa shape index (κ1) is 16.2. The molecule has 120 valence electrons. The van der Waals surface area contributed by atoms with Crippen molar-refractivity contribution in [1.29, 1.82) is 0 Å². The van der Waals surface area contributed by atoms with E-state index in [9.17, 15) is 14.7 Å². The van der Waals surface area contributed by atoms with Crippen LogP contribution in [0.4, 0.5) is 0 Å². The minimum absolute atomic E-state index is 0.169. The lowest BCUT2D eigenvalue weighted by molar-refractivity contribution is -0.143. The summed E-state index contributed by atoms with van der Waals surface area (Å²) in [5.41, 5.74) is 0. The molecule has 2 fully saturated rings. The standard InChI is InChI=1S/C15H27N3O3/c1-16(2)14(19)7-11-17-9-5-12(6-10-17)18-8-3-4-13(18)15(20)21/h12-13H,3-11H2,1-2H3,(H,20,21). The SMILES string of the molecule is CN(C)C(=O)CCN1CCC(N2CCCC2C(=O)O)CC1. The highest BCUT2D eigenvalue weighted by Crippen LogP contribution is 2.26. The van der Waals surface area contributed by atoms with Gasteiger partial charge in [0.2, 0.25) is 5.91 Å². The van der Waals surface area contributed by atoms with Gasteiger partial charge in [0.15, 0.2) is 0 Å². The summed E-state index contributed by atoms with van der Waals surface area (Å²) < 4.78 is 0. The molecule has 0 radical (unpaired) electrons. The monoisotopic (exact) mass is 297 g/mol. The van der Waals surface area contributed by atoms with Crippen molar-refractivity contribution in [2.45, 2.75) is 44.2 Å². The van der Waals surface area contributed by atoms with Crippen LogP contribution in [-0.2, 0) is 9.59 Å². The van der Waals surface area contributed by atoms with Gasteiger partial charge in [0.05, 0.1) is 0 Å².